The van der Waals surface area contributed by atoms with Crippen molar-refractivity contribution in [1.82, 2.24) is 14.5 Å². The topological polar surface area (TPSA) is 78.7 Å². The summed E-state index contributed by atoms with van der Waals surface area (Å²) in [5, 5.41) is 0. The summed E-state index contributed by atoms with van der Waals surface area (Å²) >= 11 is 0. The lowest BCUT2D eigenvalue weighted by Gasteiger charge is -2.41. The molecule has 0 unspecified atom stereocenters. The van der Waals surface area contributed by atoms with Gasteiger partial charge in [-0.15, -0.1) is 0 Å². The molecule has 3 heterocycles. The molecule has 0 aliphatic carbocycles. The Morgan fingerprint density at radius 2 is 1.82 bits per heavy atom. The van der Waals surface area contributed by atoms with Crippen molar-refractivity contribution in [2.75, 3.05) is 25.1 Å². The number of para-hydroxylation sites is 1. The molecule has 1 aliphatic heterocycles. The maximum atomic E-state index is 12.4. The number of rotatable bonds is 8. The Bertz CT molecular complexity index is 1240. The molecule has 1 aliphatic rings. The van der Waals surface area contributed by atoms with Gasteiger partial charge in [0.2, 0.25) is 5.88 Å². The summed E-state index contributed by atoms with van der Waals surface area (Å²) in [6.07, 6.45) is 8.70. The van der Waals surface area contributed by atoms with Gasteiger partial charge in [-0.05, 0) is 42.0 Å². The third-order valence-corrected chi connectivity index (χ3v) is 5.62. The summed E-state index contributed by atoms with van der Waals surface area (Å²) in [6, 6.07) is 17.4. The minimum atomic E-state index is -0.359. The van der Waals surface area contributed by atoms with Crippen LogP contribution in [0.2, 0.25) is 0 Å². The van der Waals surface area contributed by atoms with Gasteiger partial charge < -0.3 is 23.7 Å². The molecule has 0 bridgehead atoms. The van der Waals surface area contributed by atoms with E-state index in [1.54, 1.807) is 24.7 Å². The smallest absolute Gasteiger partial charge is 0.340 e. The van der Waals surface area contributed by atoms with E-state index in [-0.39, 0.29) is 12.1 Å². The van der Waals surface area contributed by atoms with Crippen LogP contribution in [0.5, 0.6) is 11.6 Å². The molecule has 0 atom stereocenters. The Labute approximate surface area is 197 Å². The molecule has 2 aromatic heterocycles. The third kappa shape index (κ3) is 4.56. The number of anilines is 1. The van der Waals surface area contributed by atoms with E-state index < -0.39 is 0 Å². The van der Waals surface area contributed by atoms with E-state index in [1.807, 2.05) is 65.5 Å². The fourth-order valence-corrected chi connectivity index (χ4v) is 3.90. The Balaban J connectivity index is 1.22. The molecule has 5 rings (SSSR count). The second kappa shape index (κ2) is 9.66. The molecule has 2 aromatic carbocycles. The number of nitrogens with zero attached hydrogens (tertiary/aromatic N) is 4. The van der Waals surface area contributed by atoms with E-state index in [9.17, 15) is 4.79 Å². The van der Waals surface area contributed by atoms with E-state index in [0.717, 1.165) is 35.8 Å². The zero-order chi connectivity index (χ0) is 23.3. The van der Waals surface area contributed by atoms with Crippen LogP contribution in [0.3, 0.4) is 0 Å². The van der Waals surface area contributed by atoms with Crippen LogP contribution in [0.1, 0.15) is 15.9 Å². The van der Waals surface area contributed by atoms with Crippen LogP contribution in [0, 0.1) is 0 Å². The van der Waals surface area contributed by atoms with Crippen LogP contribution in [0.4, 0.5) is 5.69 Å². The first-order valence-electron chi connectivity index (χ1n) is 11.0. The number of carbonyl (C=O) groups excluding carboxylic acids is 1. The van der Waals surface area contributed by atoms with E-state index in [0.29, 0.717) is 18.1 Å². The Morgan fingerprint density at radius 1 is 1.03 bits per heavy atom. The van der Waals surface area contributed by atoms with Gasteiger partial charge in [0.05, 0.1) is 43.3 Å². The van der Waals surface area contributed by atoms with Crippen LogP contribution in [0.15, 0.2) is 85.6 Å². The van der Waals surface area contributed by atoms with Gasteiger partial charge in [-0.3, -0.25) is 4.98 Å². The zero-order valence-electron chi connectivity index (χ0n) is 18.7. The molecule has 0 N–H and O–H groups in total. The molecular weight excluding hydrogens is 432 g/mol. The standard InChI is InChI=1S/C26H24N4O4/c1-32-26(31)22-5-4-6-23(25(22)29-13-2-3-14-29)30-16-21(17-30)34-20-9-7-19(8-10-20)18-33-24-15-27-11-12-28-24/h2-15,21H,16-18H2,1H3. The molecule has 172 valence electrons. The highest BCUT2D eigenvalue weighted by molar-refractivity contribution is 5.96. The molecule has 0 radical (unpaired) electrons. The van der Waals surface area contributed by atoms with Crippen LogP contribution < -0.4 is 14.4 Å². The van der Waals surface area contributed by atoms with Crippen molar-refractivity contribution in [2.45, 2.75) is 12.7 Å². The predicted molar refractivity (Wildman–Crippen MR) is 127 cm³/mol. The SMILES string of the molecule is COC(=O)c1cccc(N2CC(Oc3ccc(COc4cnccn4)cc3)C2)c1-n1cccc1. The summed E-state index contributed by atoms with van der Waals surface area (Å²) in [5.74, 6) is 0.942. The lowest BCUT2D eigenvalue weighted by molar-refractivity contribution is 0.0600. The fourth-order valence-electron chi connectivity index (χ4n) is 3.90. The largest absolute Gasteiger partial charge is 0.487 e. The number of hydrogen-bond acceptors (Lipinski definition) is 7. The molecule has 1 fully saturated rings. The van der Waals surface area contributed by atoms with Gasteiger partial charge in [0.25, 0.3) is 0 Å². The van der Waals surface area contributed by atoms with Gasteiger partial charge in [-0.25, -0.2) is 9.78 Å². The highest BCUT2D eigenvalue weighted by atomic mass is 16.5. The molecule has 0 amide bonds. The lowest BCUT2D eigenvalue weighted by Crippen LogP contribution is -2.54. The first-order chi connectivity index (χ1) is 16.7. The predicted octanol–water partition coefficient (Wildman–Crippen LogP) is 3.90. The van der Waals surface area contributed by atoms with Crippen molar-refractivity contribution in [3.05, 3.63) is 96.7 Å². The number of methoxy groups -OCH3 is 1. The van der Waals surface area contributed by atoms with Crippen LogP contribution in [-0.2, 0) is 11.3 Å². The number of aromatic nitrogens is 3. The monoisotopic (exact) mass is 456 g/mol. The minimum Gasteiger partial charge on any atom is -0.487 e. The van der Waals surface area contributed by atoms with Crippen molar-refractivity contribution in [1.29, 1.82) is 0 Å². The van der Waals surface area contributed by atoms with Gasteiger partial charge in [0, 0.05) is 24.8 Å². The summed E-state index contributed by atoms with van der Waals surface area (Å²) in [6.45, 7) is 1.85. The molecule has 4 aromatic rings. The Morgan fingerprint density at radius 3 is 2.53 bits per heavy atom. The third-order valence-electron chi connectivity index (χ3n) is 5.62. The number of carbonyl (C=O) groups is 1. The summed E-state index contributed by atoms with van der Waals surface area (Å²) in [4.78, 5) is 22.7. The van der Waals surface area contributed by atoms with Gasteiger partial charge in [-0.2, -0.15) is 0 Å². The normalized spacial score (nSPS) is 13.3. The average Bonchev–Trinajstić information content (AvgIpc) is 3.40. The maximum absolute atomic E-state index is 12.4. The number of hydrogen-bond donors (Lipinski definition) is 0. The lowest BCUT2D eigenvalue weighted by atomic mass is 10.1. The van der Waals surface area contributed by atoms with E-state index in [4.69, 9.17) is 14.2 Å². The number of esters is 1. The van der Waals surface area contributed by atoms with Crippen LogP contribution in [-0.4, -0.2) is 46.8 Å². The second-order valence-electron chi connectivity index (χ2n) is 7.88. The molecule has 0 spiro atoms. The summed E-state index contributed by atoms with van der Waals surface area (Å²) < 4.78 is 18.7. The number of benzene rings is 2. The molecule has 8 heteroatoms. The Kier molecular flexibility index (Phi) is 6.11. The van der Waals surface area contributed by atoms with Crippen molar-refractivity contribution < 1.29 is 19.0 Å². The molecular formula is C26H24N4O4. The molecule has 8 nitrogen and oxygen atoms in total. The van der Waals surface area contributed by atoms with Crippen molar-refractivity contribution >= 4 is 11.7 Å². The molecule has 1 saturated heterocycles. The highest BCUT2D eigenvalue weighted by Gasteiger charge is 2.32. The van der Waals surface area contributed by atoms with E-state index in [1.165, 1.54) is 7.11 Å². The molecule has 34 heavy (non-hydrogen) atoms. The van der Waals surface area contributed by atoms with Gasteiger partial charge in [0.15, 0.2) is 0 Å². The minimum absolute atomic E-state index is 0.0565. The first-order valence-corrected chi connectivity index (χ1v) is 11.0. The van der Waals surface area contributed by atoms with Crippen molar-refractivity contribution in [3.63, 3.8) is 0 Å². The van der Waals surface area contributed by atoms with E-state index >= 15 is 0 Å². The van der Waals surface area contributed by atoms with Crippen LogP contribution >= 0.6 is 0 Å². The van der Waals surface area contributed by atoms with Gasteiger partial charge in [0.1, 0.15) is 18.5 Å². The van der Waals surface area contributed by atoms with Gasteiger partial charge in [-0.1, -0.05) is 18.2 Å². The maximum Gasteiger partial charge on any atom is 0.340 e. The molecule has 0 saturated carbocycles. The van der Waals surface area contributed by atoms with E-state index in [2.05, 4.69) is 14.9 Å². The number of ether oxygens (including phenoxy) is 3. The van der Waals surface area contributed by atoms with Crippen LogP contribution in [0.25, 0.3) is 5.69 Å². The summed E-state index contributed by atoms with van der Waals surface area (Å²) in [5.41, 5.74) is 3.32. The second-order valence-corrected chi connectivity index (χ2v) is 7.88. The quantitative estimate of drug-likeness (QED) is 0.372. The summed E-state index contributed by atoms with van der Waals surface area (Å²) in [7, 11) is 1.40. The first kappa shape index (κ1) is 21.5. The average molecular weight is 457 g/mol. The van der Waals surface area contributed by atoms with Gasteiger partial charge >= 0.3 is 5.97 Å². The highest BCUT2D eigenvalue weighted by Crippen LogP contribution is 2.33. The Hall–Kier alpha value is -4.33. The fraction of sp³-hybridized carbons (Fsp3) is 0.192. The zero-order valence-corrected chi connectivity index (χ0v) is 18.7. The van der Waals surface area contributed by atoms with Crippen molar-refractivity contribution in [2.24, 2.45) is 0 Å². The van der Waals surface area contributed by atoms with Crippen molar-refractivity contribution in [3.8, 4) is 17.3 Å².